The van der Waals surface area contributed by atoms with Gasteiger partial charge in [-0.15, -0.1) is 11.3 Å². The Balaban J connectivity index is 1.47. The number of aryl methyl sites for hydroxylation is 1. The topological polar surface area (TPSA) is 45.2 Å². The number of halogens is 1. The van der Waals surface area contributed by atoms with E-state index in [4.69, 9.17) is 11.6 Å². The number of aromatic nitrogens is 1. The zero-order valence-electron chi connectivity index (χ0n) is 15.7. The van der Waals surface area contributed by atoms with Crippen molar-refractivity contribution < 1.29 is 4.79 Å². The molecule has 0 unspecified atom stereocenters. The Kier molecular flexibility index (Phi) is 5.64. The van der Waals surface area contributed by atoms with Gasteiger partial charge in [-0.05, 0) is 44.0 Å². The molecule has 2 heterocycles. The lowest BCUT2D eigenvalue weighted by Gasteiger charge is -2.21. The highest BCUT2D eigenvalue weighted by atomic mass is 35.5. The van der Waals surface area contributed by atoms with Crippen LogP contribution in [0.15, 0.2) is 47.8 Å². The van der Waals surface area contributed by atoms with Crippen LogP contribution in [0, 0.1) is 6.92 Å². The predicted octanol–water partition coefficient (Wildman–Crippen LogP) is 5.55. The number of hydrogen-bond acceptors (Lipinski definition) is 4. The van der Waals surface area contributed by atoms with E-state index in [-0.39, 0.29) is 12.3 Å². The maximum absolute atomic E-state index is 12.7. The number of thiazole rings is 1. The van der Waals surface area contributed by atoms with Crippen molar-refractivity contribution in [1.29, 1.82) is 0 Å². The van der Waals surface area contributed by atoms with Gasteiger partial charge < -0.3 is 10.2 Å². The molecule has 6 heteroatoms. The Bertz CT molecular complexity index is 995. The number of amides is 1. The van der Waals surface area contributed by atoms with Gasteiger partial charge in [0.1, 0.15) is 5.01 Å². The van der Waals surface area contributed by atoms with Crippen LogP contribution in [0.5, 0.6) is 0 Å². The van der Waals surface area contributed by atoms with Gasteiger partial charge in [0.25, 0.3) is 0 Å². The van der Waals surface area contributed by atoms with Crippen LogP contribution in [0.3, 0.4) is 0 Å². The average molecular weight is 412 g/mol. The average Bonchev–Trinajstić information content (AvgIpc) is 3.34. The largest absolute Gasteiger partial charge is 0.370 e. The summed E-state index contributed by atoms with van der Waals surface area (Å²) in [5.41, 5.74) is 4.87. The van der Waals surface area contributed by atoms with Crippen LogP contribution < -0.4 is 10.2 Å². The molecule has 1 aliphatic rings. The van der Waals surface area contributed by atoms with Crippen molar-refractivity contribution in [3.05, 3.63) is 64.1 Å². The second-order valence-electron chi connectivity index (χ2n) is 7.09. The number of hydrogen-bond donors (Lipinski definition) is 1. The summed E-state index contributed by atoms with van der Waals surface area (Å²) in [4.78, 5) is 19.6. The quantitative estimate of drug-likeness (QED) is 0.598. The molecule has 0 saturated carbocycles. The van der Waals surface area contributed by atoms with E-state index in [1.807, 2.05) is 35.7 Å². The highest BCUT2D eigenvalue weighted by molar-refractivity contribution is 7.13. The first-order valence-corrected chi connectivity index (χ1v) is 10.7. The molecular formula is C22H22ClN3OS. The molecule has 3 aromatic rings. The molecule has 1 fully saturated rings. The van der Waals surface area contributed by atoms with Crippen LogP contribution >= 0.6 is 22.9 Å². The van der Waals surface area contributed by atoms with E-state index >= 15 is 0 Å². The smallest absolute Gasteiger partial charge is 0.230 e. The number of anilines is 2. The Labute approximate surface area is 174 Å². The third kappa shape index (κ3) is 4.37. The molecule has 0 atom stereocenters. The van der Waals surface area contributed by atoms with Crippen LogP contribution in [0.1, 0.15) is 24.1 Å². The van der Waals surface area contributed by atoms with Crippen molar-refractivity contribution in [1.82, 2.24) is 4.98 Å². The van der Waals surface area contributed by atoms with E-state index < -0.39 is 0 Å². The molecular weight excluding hydrogens is 390 g/mol. The maximum Gasteiger partial charge on any atom is 0.230 e. The van der Waals surface area contributed by atoms with Crippen molar-refractivity contribution in [3.8, 4) is 10.6 Å². The molecule has 144 valence electrons. The minimum Gasteiger partial charge on any atom is -0.370 e. The molecule has 1 N–H and O–H groups in total. The molecule has 2 aromatic carbocycles. The highest BCUT2D eigenvalue weighted by Crippen LogP contribution is 2.32. The van der Waals surface area contributed by atoms with E-state index in [0.29, 0.717) is 5.02 Å². The summed E-state index contributed by atoms with van der Waals surface area (Å²) in [7, 11) is 0. The Morgan fingerprint density at radius 1 is 1.21 bits per heavy atom. The second kappa shape index (κ2) is 8.33. The van der Waals surface area contributed by atoms with Gasteiger partial charge in [0.15, 0.2) is 0 Å². The lowest BCUT2D eigenvalue weighted by atomic mass is 10.1. The molecule has 0 aliphatic carbocycles. The molecule has 1 saturated heterocycles. The monoisotopic (exact) mass is 411 g/mol. The highest BCUT2D eigenvalue weighted by Gasteiger charge is 2.18. The van der Waals surface area contributed by atoms with Crippen molar-refractivity contribution in [3.63, 3.8) is 0 Å². The molecule has 4 nitrogen and oxygen atoms in total. The van der Waals surface area contributed by atoms with Gasteiger partial charge in [-0.3, -0.25) is 4.79 Å². The molecule has 0 radical (unpaired) electrons. The van der Waals surface area contributed by atoms with Crippen LogP contribution in [0.25, 0.3) is 10.6 Å². The van der Waals surface area contributed by atoms with E-state index in [1.54, 1.807) is 11.3 Å². The summed E-state index contributed by atoms with van der Waals surface area (Å²) in [6.45, 7) is 4.08. The first-order chi connectivity index (χ1) is 13.6. The van der Waals surface area contributed by atoms with E-state index in [0.717, 1.165) is 40.7 Å². The fourth-order valence-corrected chi connectivity index (χ4v) is 4.49. The molecule has 4 rings (SSSR count). The van der Waals surface area contributed by atoms with Gasteiger partial charge in [0, 0.05) is 29.1 Å². The summed E-state index contributed by atoms with van der Waals surface area (Å²) in [5, 5.41) is 6.55. The standard InChI is InChI=1S/C22H22ClN3OS/c1-15-5-4-6-16(11-15)22-24-18(14-28-22)13-21(27)25-19-12-17(23)7-8-20(19)26-9-2-3-10-26/h4-8,11-12,14H,2-3,9-10,13H2,1H3,(H,25,27). The maximum atomic E-state index is 12.7. The third-order valence-electron chi connectivity index (χ3n) is 4.84. The second-order valence-corrected chi connectivity index (χ2v) is 8.39. The van der Waals surface area contributed by atoms with E-state index in [9.17, 15) is 4.79 Å². The van der Waals surface area contributed by atoms with Crippen LogP contribution in [-0.2, 0) is 11.2 Å². The van der Waals surface area contributed by atoms with Crippen LogP contribution in [-0.4, -0.2) is 24.0 Å². The SMILES string of the molecule is Cc1cccc(-c2nc(CC(=O)Nc3cc(Cl)ccc3N3CCCC3)cs2)c1. The van der Waals surface area contributed by atoms with Crippen molar-refractivity contribution in [2.45, 2.75) is 26.2 Å². The number of carbonyl (C=O) groups excluding carboxylic acids is 1. The first-order valence-electron chi connectivity index (χ1n) is 9.44. The van der Waals surface area contributed by atoms with Gasteiger partial charge in [0.2, 0.25) is 5.91 Å². The van der Waals surface area contributed by atoms with Gasteiger partial charge in [-0.2, -0.15) is 0 Å². The molecule has 0 spiro atoms. The lowest BCUT2D eigenvalue weighted by molar-refractivity contribution is -0.115. The summed E-state index contributed by atoms with van der Waals surface area (Å²) in [6.07, 6.45) is 2.60. The lowest BCUT2D eigenvalue weighted by Crippen LogP contribution is -2.21. The van der Waals surface area contributed by atoms with E-state index in [2.05, 4.69) is 34.3 Å². The minimum absolute atomic E-state index is 0.0798. The number of benzene rings is 2. The normalized spacial score (nSPS) is 13.7. The number of nitrogens with zero attached hydrogens (tertiary/aromatic N) is 2. The molecule has 1 amide bonds. The minimum atomic E-state index is -0.0798. The fraction of sp³-hybridized carbons (Fsp3) is 0.273. The fourth-order valence-electron chi connectivity index (χ4n) is 3.50. The summed E-state index contributed by atoms with van der Waals surface area (Å²) in [6, 6.07) is 13.9. The molecule has 28 heavy (non-hydrogen) atoms. The molecule has 1 aliphatic heterocycles. The van der Waals surface area contributed by atoms with Gasteiger partial charge in [0.05, 0.1) is 23.5 Å². The van der Waals surface area contributed by atoms with E-state index in [1.165, 1.54) is 18.4 Å². The Hall–Kier alpha value is -2.37. The Morgan fingerprint density at radius 3 is 2.82 bits per heavy atom. The zero-order valence-corrected chi connectivity index (χ0v) is 17.3. The van der Waals surface area contributed by atoms with Gasteiger partial charge >= 0.3 is 0 Å². The van der Waals surface area contributed by atoms with Crippen molar-refractivity contribution in [2.24, 2.45) is 0 Å². The van der Waals surface area contributed by atoms with Crippen molar-refractivity contribution >= 4 is 40.2 Å². The first kappa shape index (κ1) is 19.0. The Morgan fingerprint density at radius 2 is 2.04 bits per heavy atom. The molecule has 0 bridgehead atoms. The number of carbonyl (C=O) groups is 1. The van der Waals surface area contributed by atoms with Gasteiger partial charge in [-0.25, -0.2) is 4.98 Å². The van der Waals surface area contributed by atoms with Crippen LogP contribution in [0.2, 0.25) is 5.02 Å². The van der Waals surface area contributed by atoms with Crippen molar-refractivity contribution in [2.75, 3.05) is 23.3 Å². The summed E-state index contributed by atoms with van der Waals surface area (Å²) in [5.74, 6) is -0.0798. The zero-order chi connectivity index (χ0) is 19.5. The molecule has 1 aromatic heterocycles. The van der Waals surface area contributed by atoms with Crippen LogP contribution in [0.4, 0.5) is 11.4 Å². The number of nitrogens with one attached hydrogen (secondary N) is 1. The summed E-state index contributed by atoms with van der Waals surface area (Å²) >= 11 is 7.74. The predicted molar refractivity (Wildman–Crippen MR) is 118 cm³/mol. The van der Waals surface area contributed by atoms with Gasteiger partial charge in [-0.1, -0.05) is 35.4 Å². The number of rotatable bonds is 5. The summed E-state index contributed by atoms with van der Waals surface area (Å²) < 4.78 is 0. The third-order valence-corrected chi connectivity index (χ3v) is 6.01.